The van der Waals surface area contributed by atoms with Gasteiger partial charge in [-0.2, -0.15) is 0 Å². The largest absolute Gasteiger partial charge is 0.462 e. The lowest BCUT2D eigenvalue weighted by Gasteiger charge is -2.23. The van der Waals surface area contributed by atoms with Gasteiger partial charge in [-0.05, 0) is 44.5 Å². The van der Waals surface area contributed by atoms with Gasteiger partial charge in [-0.3, -0.25) is 0 Å². The van der Waals surface area contributed by atoms with E-state index in [9.17, 15) is 4.79 Å². The number of carbonyl (C=O) groups is 1. The van der Waals surface area contributed by atoms with E-state index in [0.717, 1.165) is 49.9 Å². The van der Waals surface area contributed by atoms with Crippen molar-refractivity contribution in [2.45, 2.75) is 20.3 Å². The van der Waals surface area contributed by atoms with Crippen LogP contribution in [0.5, 0.6) is 0 Å². The number of hydrogen-bond donors (Lipinski definition) is 0. The lowest BCUT2D eigenvalue weighted by molar-refractivity contribution is 0.0526. The molecule has 6 heteroatoms. The topological polar surface area (TPSA) is 58.6 Å². The Bertz CT molecular complexity index is 718. The molecule has 2 aromatic rings. The van der Waals surface area contributed by atoms with Crippen LogP contribution >= 0.6 is 0 Å². The number of aromatic nitrogens is 2. The highest BCUT2D eigenvalue weighted by molar-refractivity contribution is 5.89. The van der Waals surface area contributed by atoms with Crippen LogP contribution in [0.3, 0.4) is 0 Å². The Morgan fingerprint density at radius 3 is 2.48 bits per heavy atom. The van der Waals surface area contributed by atoms with Crippen LogP contribution in [0.1, 0.15) is 29.4 Å². The zero-order valence-electron chi connectivity index (χ0n) is 14.8. The van der Waals surface area contributed by atoms with E-state index in [4.69, 9.17) is 4.74 Å². The third kappa shape index (κ3) is 4.26. The highest BCUT2D eigenvalue weighted by Gasteiger charge is 2.17. The van der Waals surface area contributed by atoms with Crippen molar-refractivity contribution in [2.75, 3.05) is 42.6 Å². The maximum atomic E-state index is 11.7. The lowest BCUT2D eigenvalue weighted by atomic mass is 10.2. The Hall–Kier alpha value is -2.63. The molecule has 0 bridgehead atoms. The second-order valence-electron chi connectivity index (χ2n) is 6.09. The monoisotopic (exact) mass is 340 g/mol. The zero-order chi connectivity index (χ0) is 17.6. The molecule has 132 valence electrons. The minimum atomic E-state index is -0.325. The molecule has 0 unspecified atom stereocenters. The number of anilines is 2. The first-order chi connectivity index (χ1) is 12.2. The minimum Gasteiger partial charge on any atom is -0.462 e. The summed E-state index contributed by atoms with van der Waals surface area (Å²) in [5.41, 5.74) is 1.53. The molecule has 1 saturated heterocycles. The lowest BCUT2D eigenvalue weighted by Crippen LogP contribution is -2.31. The number of nitrogens with zero attached hydrogens (tertiary/aromatic N) is 4. The summed E-state index contributed by atoms with van der Waals surface area (Å²) in [5, 5.41) is 0. The van der Waals surface area contributed by atoms with E-state index in [0.29, 0.717) is 12.2 Å². The van der Waals surface area contributed by atoms with Crippen molar-refractivity contribution in [3.63, 3.8) is 0 Å². The third-order valence-electron chi connectivity index (χ3n) is 4.28. The summed E-state index contributed by atoms with van der Waals surface area (Å²) in [4.78, 5) is 25.4. The van der Waals surface area contributed by atoms with Gasteiger partial charge < -0.3 is 14.5 Å². The number of carbonyl (C=O) groups excluding carboxylic acids is 1. The quantitative estimate of drug-likeness (QED) is 0.798. The van der Waals surface area contributed by atoms with E-state index in [1.807, 2.05) is 19.1 Å². The van der Waals surface area contributed by atoms with E-state index in [1.165, 1.54) is 0 Å². The van der Waals surface area contributed by atoms with Gasteiger partial charge in [-0.25, -0.2) is 14.8 Å². The van der Waals surface area contributed by atoms with Gasteiger partial charge in [-0.1, -0.05) is 6.07 Å². The number of esters is 1. The number of ether oxygens (including phenoxy) is 1. The first-order valence-electron chi connectivity index (χ1n) is 8.74. The summed E-state index contributed by atoms with van der Waals surface area (Å²) in [5.74, 6) is 1.61. The van der Waals surface area contributed by atoms with E-state index in [1.54, 1.807) is 19.2 Å². The van der Waals surface area contributed by atoms with Gasteiger partial charge >= 0.3 is 5.97 Å². The van der Waals surface area contributed by atoms with Gasteiger partial charge in [0.15, 0.2) is 0 Å². The molecule has 1 aliphatic rings. The first kappa shape index (κ1) is 17.2. The highest BCUT2D eigenvalue weighted by atomic mass is 16.5. The highest BCUT2D eigenvalue weighted by Crippen LogP contribution is 2.18. The molecule has 6 nitrogen and oxygen atoms in total. The number of aryl methyl sites for hydroxylation is 1. The maximum absolute atomic E-state index is 11.7. The fourth-order valence-corrected chi connectivity index (χ4v) is 2.99. The molecule has 3 heterocycles. The van der Waals surface area contributed by atoms with Crippen molar-refractivity contribution in [3.05, 3.63) is 47.8 Å². The summed E-state index contributed by atoms with van der Waals surface area (Å²) in [6, 6.07) is 9.81. The smallest absolute Gasteiger partial charge is 0.339 e. The Kier molecular flexibility index (Phi) is 5.48. The van der Waals surface area contributed by atoms with Crippen LogP contribution in [0.25, 0.3) is 0 Å². The van der Waals surface area contributed by atoms with Crippen LogP contribution in [0.15, 0.2) is 36.5 Å². The van der Waals surface area contributed by atoms with Crippen LogP contribution in [0.4, 0.5) is 11.6 Å². The van der Waals surface area contributed by atoms with Gasteiger partial charge in [0.05, 0.1) is 12.2 Å². The molecular weight excluding hydrogens is 316 g/mol. The predicted molar refractivity (Wildman–Crippen MR) is 98.2 cm³/mol. The van der Waals surface area contributed by atoms with Gasteiger partial charge in [0.25, 0.3) is 0 Å². The molecule has 3 rings (SSSR count). The van der Waals surface area contributed by atoms with Crippen LogP contribution in [0, 0.1) is 6.92 Å². The SMILES string of the molecule is CCOC(=O)c1ccc(N2CCCN(c3cccc(C)n3)CC2)nc1. The van der Waals surface area contributed by atoms with Crippen molar-refractivity contribution >= 4 is 17.6 Å². The van der Waals surface area contributed by atoms with Crippen molar-refractivity contribution in [1.29, 1.82) is 0 Å². The Morgan fingerprint density at radius 1 is 1.08 bits per heavy atom. The second kappa shape index (κ2) is 7.96. The molecule has 0 saturated carbocycles. The van der Waals surface area contributed by atoms with Crippen LogP contribution in [-0.2, 0) is 4.74 Å². The summed E-state index contributed by atoms with van der Waals surface area (Å²) >= 11 is 0. The average molecular weight is 340 g/mol. The third-order valence-corrected chi connectivity index (χ3v) is 4.28. The standard InChI is InChI=1S/C19H24N4O2/c1-3-25-19(24)16-8-9-17(20-14-16)22-10-5-11-23(13-12-22)18-7-4-6-15(2)21-18/h4,6-9,14H,3,5,10-13H2,1-2H3. The molecule has 2 aromatic heterocycles. The average Bonchev–Trinajstić information content (AvgIpc) is 2.88. The van der Waals surface area contributed by atoms with Crippen molar-refractivity contribution in [1.82, 2.24) is 9.97 Å². The van der Waals surface area contributed by atoms with Gasteiger partial charge in [0, 0.05) is 38.1 Å². The Labute approximate surface area is 148 Å². The normalized spacial score (nSPS) is 15.0. The summed E-state index contributed by atoms with van der Waals surface area (Å²) < 4.78 is 5.00. The van der Waals surface area contributed by atoms with Gasteiger partial charge in [-0.15, -0.1) is 0 Å². The maximum Gasteiger partial charge on any atom is 0.339 e. The fraction of sp³-hybridized carbons (Fsp3) is 0.421. The van der Waals surface area contributed by atoms with E-state index >= 15 is 0 Å². The molecule has 1 aliphatic heterocycles. The first-order valence-corrected chi connectivity index (χ1v) is 8.74. The summed E-state index contributed by atoms with van der Waals surface area (Å²) in [7, 11) is 0. The minimum absolute atomic E-state index is 0.325. The molecule has 0 amide bonds. The zero-order valence-corrected chi connectivity index (χ0v) is 14.8. The van der Waals surface area contributed by atoms with Crippen LogP contribution in [0.2, 0.25) is 0 Å². The molecule has 0 N–H and O–H groups in total. The van der Waals surface area contributed by atoms with E-state index in [-0.39, 0.29) is 5.97 Å². The van der Waals surface area contributed by atoms with E-state index in [2.05, 4.69) is 31.9 Å². The fourth-order valence-electron chi connectivity index (χ4n) is 2.99. The molecular formula is C19H24N4O2. The van der Waals surface area contributed by atoms with Gasteiger partial charge in [0.2, 0.25) is 0 Å². The van der Waals surface area contributed by atoms with Crippen molar-refractivity contribution in [2.24, 2.45) is 0 Å². The molecule has 0 aromatic carbocycles. The molecule has 0 radical (unpaired) electrons. The Morgan fingerprint density at radius 2 is 1.84 bits per heavy atom. The van der Waals surface area contributed by atoms with Crippen LogP contribution < -0.4 is 9.80 Å². The predicted octanol–water partition coefficient (Wildman–Crippen LogP) is 2.68. The molecule has 0 atom stereocenters. The van der Waals surface area contributed by atoms with Gasteiger partial charge in [0.1, 0.15) is 11.6 Å². The summed E-state index contributed by atoms with van der Waals surface area (Å²) in [6.07, 6.45) is 2.63. The summed E-state index contributed by atoms with van der Waals surface area (Å²) in [6.45, 7) is 7.88. The molecule has 1 fully saturated rings. The number of pyridine rings is 2. The number of rotatable bonds is 4. The molecule has 25 heavy (non-hydrogen) atoms. The Balaban J connectivity index is 1.65. The second-order valence-corrected chi connectivity index (χ2v) is 6.09. The molecule has 0 spiro atoms. The van der Waals surface area contributed by atoms with Crippen LogP contribution in [-0.4, -0.2) is 48.7 Å². The van der Waals surface area contributed by atoms with E-state index < -0.39 is 0 Å². The van der Waals surface area contributed by atoms with Crippen molar-refractivity contribution < 1.29 is 9.53 Å². The molecule has 0 aliphatic carbocycles. The van der Waals surface area contributed by atoms with Crippen molar-refractivity contribution in [3.8, 4) is 0 Å². The number of hydrogen-bond acceptors (Lipinski definition) is 6.